The average molecular weight is 396 g/mol. The van der Waals surface area contributed by atoms with Crippen molar-refractivity contribution in [1.82, 2.24) is 5.32 Å². The van der Waals surface area contributed by atoms with E-state index < -0.39 is 5.91 Å². The maximum absolute atomic E-state index is 11.5. The fraction of sp³-hybridized carbons (Fsp3) is 0.0667. The van der Waals surface area contributed by atoms with E-state index >= 15 is 0 Å². The molecule has 0 atom stereocenters. The summed E-state index contributed by atoms with van der Waals surface area (Å²) in [4.78, 5) is 24.1. The molecule has 112 valence electrons. The molecule has 0 unspecified atom stereocenters. The van der Waals surface area contributed by atoms with Crippen LogP contribution in [0.2, 0.25) is 0 Å². The Labute approximate surface area is 143 Å². The van der Waals surface area contributed by atoms with Gasteiger partial charge < -0.3 is 4.42 Å². The molecule has 0 spiro atoms. The zero-order valence-electron chi connectivity index (χ0n) is 11.4. The van der Waals surface area contributed by atoms with Crippen LogP contribution in [-0.2, 0) is 4.79 Å². The van der Waals surface area contributed by atoms with E-state index in [0.717, 1.165) is 21.1 Å². The highest BCUT2D eigenvalue weighted by molar-refractivity contribution is 9.10. The molecule has 1 aliphatic heterocycles. The molecule has 1 aromatic heterocycles. The summed E-state index contributed by atoms with van der Waals surface area (Å²) in [6, 6.07) is 9.89. The van der Waals surface area contributed by atoms with Gasteiger partial charge in [0, 0.05) is 11.0 Å². The summed E-state index contributed by atoms with van der Waals surface area (Å²) in [6.45, 7) is 2.03. The Balaban J connectivity index is 1.82. The van der Waals surface area contributed by atoms with Gasteiger partial charge in [-0.1, -0.05) is 29.5 Å². The van der Waals surface area contributed by atoms with Gasteiger partial charge in [-0.15, -0.1) is 0 Å². The van der Waals surface area contributed by atoms with Gasteiger partial charge in [-0.3, -0.25) is 14.9 Å². The summed E-state index contributed by atoms with van der Waals surface area (Å²) >= 11 is 5.80. The van der Waals surface area contributed by atoms with Crippen LogP contribution in [0.1, 0.15) is 11.3 Å². The van der Waals surface area contributed by atoms with Crippen molar-refractivity contribution in [2.75, 3.05) is 0 Å². The Hall–Kier alpha value is -1.44. The molecule has 1 aromatic carbocycles. The lowest BCUT2D eigenvalue weighted by atomic mass is 10.2. The lowest BCUT2D eigenvalue weighted by Crippen LogP contribution is -2.17. The molecule has 1 fully saturated rings. The van der Waals surface area contributed by atoms with Gasteiger partial charge in [-0.2, -0.15) is 0 Å². The first kappa shape index (κ1) is 15.5. The summed E-state index contributed by atoms with van der Waals surface area (Å²) in [5, 5.41) is 2.55. The van der Waals surface area contributed by atoms with Crippen molar-refractivity contribution in [3.8, 4) is 0 Å². The Morgan fingerprint density at radius 3 is 2.64 bits per heavy atom. The largest absolute Gasteiger partial charge is 0.449 e. The fourth-order valence-corrected chi connectivity index (χ4v) is 3.77. The molecule has 7 heteroatoms. The van der Waals surface area contributed by atoms with E-state index in [1.807, 2.05) is 31.2 Å². The van der Waals surface area contributed by atoms with Gasteiger partial charge in [0.25, 0.3) is 11.1 Å². The van der Waals surface area contributed by atoms with Gasteiger partial charge in [0.05, 0.1) is 9.38 Å². The van der Waals surface area contributed by atoms with Crippen LogP contribution in [0.25, 0.3) is 6.08 Å². The van der Waals surface area contributed by atoms with Crippen molar-refractivity contribution in [3.63, 3.8) is 0 Å². The number of aryl methyl sites for hydroxylation is 1. The number of carbonyl (C=O) groups excluding carboxylic acids is 2. The van der Waals surface area contributed by atoms with Crippen molar-refractivity contribution in [2.24, 2.45) is 0 Å². The highest BCUT2D eigenvalue weighted by atomic mass is 79.9. The number of hydrogen-bond acceptors (Lipinski definition) is 5. The van der Waals surface area contributed by atoms with Gasteiger partial charge >= 0.3 is 0 Å². The zero-order valence-corrected chi connectivity index (χ0v) is 14.6. The van der Waals surface area contributed by atoms with Crippen molar-refractivity contribution in [3.05, 3.63) is 51.0 Å². The van der Waals surface area contributed by atoms with Crippen LogP contribution in [0.15, 0.2) is 54.1 Å². The number of hydrogen-bond donors (Lipinski definition) is 1. The molecular weight excluding hydrogens is 386 g/mol. The van der Waals surface area contributed by atoms with Gasteiger partial charge in [-0.25, -0.2) is 0 Å². The van der Waals surface area contributed by atoms with Gasteiger partial charge in [-0.05, 0) is 52.8 Å². The molecule has 1 aliphatic rings. The minimum Gasteiger partial charge on any atom is -0.449 e. The molecule has 4 nitrogen and oxygen atoms in total. The third kappa shape index (κ3) is 3.48. The fourth-order valence-electron chi connectivity index (χ4n) is 1.77. The van der Waals surface area contributed by atoms with Crippen LogP contribution < -0.4 is 5.32 Å². The second-order valence-corrected chi connectivity index (χ2v) is 7.47. The van der Waals surface area contributed by atoms with Gasteiger partial charge in [0.2, 0.25) is 0 Å². The topological polar surface area (TPSA) is 59.3 Å². The molecule has 1 N–H and O–H groups in total. The van der Waals surface area contributed by atoms with E-state index in [4.69, 9.17) is 4.42 Å². The van der Waals surface area contributed by atoms with E-state index in [1.54, 1.807) is 12.1 Å². The summed E-state index contributed by atoms with van der Waals surface area (Å²) < 4.78 is 6.53. The molecule has 0 saturated carbocycles. The van der Waals surface area contributed by atoms with Crippen LogP contribution >= 0.6 is 39.5 Å². The first-order valence-corrected chi connectivity index (χ1v) is 8.72. The minimum atomic E-state index is -0.393. The number of thioether (sulfide) groups is 1. The van der Waals surface area contributed by atoms with Crippen molar-refractivity contribution in [1.29, 1.82) is 0 Å². The number of imide groups is 1. The lowest BCUT2D eigenvalue weighted by molar-refractivity contribution is -0.115. The smallest absolute Gasteiger partial charge is 0.290 e. The SMILES string of the molecule is Cc1ccc(Sc2oc(C=C3SC(=O)NC3=O)cc2Br)cc1. The second kappa shape index (κ2) is 6.36. The molecule has 2 aromatic rings. The normalized spacial score (nSPS) is 16.4. The maximum atomic E-state index is 11.5. The van der Waals surface area contributed by atoms with Crippen molar-refractivity contribution < 1.29 is 14.0 Å². The number of nitrogens with one attached hydrogen (secondary N) is 1. The number of carbonyl (C=O) groups is 2. The molecule has 2 amide bonds. The highest BCUT2D eigenvalue weighted by Gasteiger charge is 2.25. The van der Waals surface area contributed by atoms with E-state index in [0.29, 0.717) is 15.8 Å². The van der Waals surface area contributed by atoms with Gasteiger partial charge in [0.1, 0.15) is 5.76 Å². The number of amides is 2. The molecule has 0 bridgehead atoms. The molecule has 2 heterocycles. The third-order valence-corrected chi connectivity index (χ3v) is 5.48. The predicted octanol–water partition coefficient (Wildman–Crippen LogP) is 4.83. The second-order valence-electron chi connectivity index (χ2n) is 4.55. The number of halogens is 1. The molecule has 1 saturated heterocycles. The van der Waals surface area contributed by atoms with E-state index in [2.05, 4.69) is 21.2 Å². The van der Waals surface area contributed by atoms with E-state index in [-0.39, 0.29) is 5.24 Å². The Morgan fingerprint density at radius 1 is 1.27 bits per heavy atom. The summed E-state index contributed by atoms with van der Waals surface area (Å²) in [6.07, 6.45) is 1.56. The Kier molecular flexibility index (Phi) is 4.46. The molecule has 0 radical (unpaired) electrons. The summed E-state index contributed by atoms with van der Waals surface area (Å²) in [7, 11) is 0. The van der Waals surface area contributed by atoms with Crippen molar-refractivity contribution in [2.45, 2.75) is 16.9 Å². The number of rotatable bonds is 3. The highest BCUT2D eigenvalue weighted by Crippen LogP contribution is 2.37. The lowest BCUT2D eigenvalue weighted by Gasteiger charge is -1.99. The summed E-state index contributed by atoms with van der Waals surface area (Å²) in [5.41, 5.74) is 1.20. The minimum absolute atomic E-state index is 0.332. The molecule has 3 rings (SSSR count). The van der Waals surface area contributed by atoms with Crippen LogP contribution in [0.4, 0.5) is 4.79 Å². The average Bonchev–Trinajstić information content (AvgIpc) is 2.96. The zero-order chi connectivity index (χ0) is 15.7. The van der Waals surface area contributed by atoms with Crippen LogP contribution in [0, 0.1) is 6.92 Å². The van der Waals surface area contributed by atoms with E-state index in [1.165, 1.54) is 17.3 Å². The Morgan fingerprint density at radius 2 is 2.00 bits per heavy atom. The summed E-state index contributed by atoms with van der Waals surface area (Å²) in [5.74, 6) is 0.129. The predicted molar refractivity (Wildman–Crippen MR) is 90.8 cm³/mol. The standard InChI is InChI=1S/C15H10BrNO3S2/c1-8-2-4-10(5-3-8)21-14-11(16)6-9(20-14)7-12-13(18)17-15(19)22-12/h2-7H,1H3,(H,17,18,19). The molecule has 0 aliphatic carbocycles. The number of furan rings is 1. The van der Waals surface area contributed by atoms with Crippen LogP contribution in [0.5, 0.6) is 0 Å². The third-order valence-electron chi connectivity index (χ3n) is 2.82. The first-order chi connectivity index (χ1) is 10.5. The van der Waals surface area contributed by atoms with Gasteiger partial charge in [0.15, 0.2) is 5.09 Å². The maximum Gasteiger partial charge on any atom is 0.290 e. The van der Waals surface area contributed by atoms with Crippen LogP contribution in [-0.4, -0.2) is 11.1 Å². The molecular formula is C15H10BrNO3S2. The van der Waals surface area contributed by atoms with Crippen LogP contribution in [0.3, 0.4) is 0 Å². The number of benzene rings is 1. The Bertz CT molecular complexity index is 781. The molecule has 22 heavy (non-hydrogen) atoms. The quantitative estimate of drug-likeness (QED) is 0.754. The van der Waals surface area contributed by atoms with Crippen molar-refractivity contribution >= 4 is 56.7 Å². The first-order valence-electron chi connectivity index (χ1n) is 6.30. The monoisotopic (exact) mass is 395 g/mol. The van der Waals surface area contributed by atoms with E-state index in [9.17, 15) is 9.59 Å².